The molecule has 0 fully saturated rings. The van der Waals surface area contributed by atoms with Gasteiger partial charge in [0.2, 0.25) is 0 Å². The molecule has 1 unspecified atom stereocenters. The number of rotatable bonds is 7. The Morgan fingerprint density at radius 3 is 2.53 bits per heavy atom. The third-order valence-electron chi connectivity index (χ3n) is 2.66. The Bertz CT molecular complexity index is 341. The van der Waals surface area contributed by atoms with Crippen LogP contribution in [0.1, 0.15) is 12.5 Å². The molecule has 1 aromatic carbocycles. The first kappa shape index (κ1) is 13.8. The molecule has 0 spiro atoms. The lowest BCUT2D eigenvalue weighted by Gasteiger charge is -2.12. The quantitative estimate of drug-likeness (QED) is 0.767. The van der Waals surface area contributed by atoms with Crippen LogP contribution in [0.4, 0.5) is 0 Å². The highest BCUT2D eigenvalue weighted by Crippen LogP contribution is 2.22. The van der Waals surface area contributed by atoms with Crippen LogP contribution in [0.15, 0.2) is 18.2 Å². The first-order valence-corrected chi connectivity index (χ1v) is 5.74. The second-order valence-electron chi connectivity index (χ2n) is 4.05. The molecule has 0 aliphatic carbocycles. The molecule has 1 rings (SSSR count). The highest BCUT2D eigenvalue weighted by Gasteiger charge is 2.09. The Kier molecular flexibility index (Phi) is 5.80. The van der Waals surface area contributed by atoms with Crippen molar-refractivity contribution in [2.75, 3.05) is 27.9 Å². The summed E-state index contributed by atoms with van der Waals surface area (Å²) in [6, 6.07) is 6.27. The van der Waals surface area contributed by atoms with Gasteiger partial charge in [-0.1, -0.05) is 0 Å². The highest BCUT2D eigenvalue weighted by molar-refractivity contribution is 5.39. The van der Waals surface area contributed by atoms with Crippen LogP contribution in [0.2, 0.25) is 0 Å². The van der Waals surface area contributed by atoms with Crippen LogP contribution >= 0.6 is 0 Å². The summed E-state index contributed by atoms with van der Waals surface area (Å²) in [5.41, 5.74) is 1.13. The highest BCUT2D eigenvalue weighted by atomic mass is 16.5. The van der Waals surface area contributed by atoms with Gasteiger partial charge in [-0.3, -0.25) is 0 Å². The first-order chi connectivity index (χ1) is 8.21. The Balaban J connectivity index is 2.67. The van der Waals surface area contributed by atoms with Gasteiger partial charge in [0.05, 0.1) is 26.4 Å². The van der Waals surface area contributed by atoms with E-state index < -0.39 is 0 Å². The zero-order valence-corrected chi connectivity index (χ0v) is 11.0. The van der Waals surface area contributed by atoms with Gasteiger partial charge in [-0.25, -0.2) is 0 Å². The molecule has 1 atom stereocenters. The second-order valence-corrected chi connectivity index (χ2v) is 4.05. The van der Waals surface area contributed by atoms with Crippen molar-refractivity contribution < 1.29 is 19.5 Å². The summed E-state index contributed by atoms with van der Waals surface area (Å²) in [5, 5.41) is 2.22. The average molecular weight is 240 g/mol. The van der Waals surface area contributed by atoms with E-state index in [0.717, 1.165) is 30.2 Å². The maximum Gasteiger partial charge on any atom is 0.127 e. The van der Waals surface area contributed by atoms with Gasteiger partial charge in [-0.2, -0.15) is 0 Å². The molecule has 4 heteroatoms. The third-order valence-corrected chi connectivity index (χ3v) is 2.66. The summed E-state index contributed by atoms with van der Waals surface area (Å²) in [6.45, 7) is 3.73. The van der Waals surface area contributed by atoms with E-state index >= 15 is 0 Å². The van der Waals surface area contributed by atoms with E-state index in [-0.39, 0.29) is 0 Å². The third kappa shape index (κ3) is 4.24. The van der Waals surface area contributed by atoms with Gasteiger partial charge in [0.25, 0.3) is 0 Å². The van der Waals surface area contributed by atoms with Crippen LogP contribution in [0.3, 0.4) is 0 Å². The van der Waals surface area contributed by atoms with Gasteiger partial charge in [0.15, 0.2) is 0 Å². The summed E-state index contributed by atoms with van der Waals surface area (Å²) in [6.07, 6.45) is 0. The maximum atomic E-state index is 5.33. The molecule has 0 aromatic heterocycles. The minimum atomic E-state index is 0.427. The number of hydrogen-bond donors (Lipinski definition) is 1. The van der Waals surface area contributed by atoms with Gasteiger partial charge in [0.1, 0.15) is 24.1 Å². The fourth-order valence-corrected chi connectivity index (χ4v) is 1.70. The van der Waals surface area contributed by atoms with E-state index in [2.05, 4.69) is 12.2 Å². The van der Waals surface area contributed by atoms with Crippen molar-refractivity contribution in [3.05, 3.63) is 23.8 Å². The minimum Gasteiger partial charge on any atom is -0.497 e. The van der Waals surface area contributed by atoms with E-state index in [1.54, 1.807) is 21.3 Å². The topological polar surface area (TPSA) is 44.3 Å². The molecule has 0 saturated carbocycles. The van der Waals surface area contributed by atoms with Crippen molar-refractivity contribution in [2.45, 2.75) is 19.5 Å². The van der Waals surface area contributed by atoms with Crippen LogP contribution in [0, 0.1) is 0 Å². The summed E-state index contributed by atoms with van der Waals surface area (Å²) in [7, 11) is 5.07. The number of ether oxygens (including phenoxy) is 3. The Labute approximate surface area is 103 Å². The molecule has 17 heavy (non-hydrogen) atoms. The fraction of sp³-hybridized carbons (Fsp3) is 0.538. The van der Waals surface area contributed by atoms with E-state index in [1.165, 1.54) is 0 Å². The predicted octanol–water partition coefficient (Wildman–Crippen LogP) is 0.802. The van der Waals surface area contributed by atoms with Crippen molar-refractivity contribution in [3.8, 4) is 11.5 Å². The smallest absolute Gasteiger partial charge is 0.127 e. The zero-order chi connectivity index (χ0) is 12.7. The van der Waals surface area contributed by atoms with E-state index in [1.807, 2.05) is 18.2 Å². The van der Waals surface area contributed by atoms with Crippen molar-refractivity contribution in [1.29, 1.82) is 0 Å². The van der Waals surface area contributed by atoms with Crippen LogP contribution in [-0.4, -0.2) is 34.0 Å². The molecule has 4 nitrogen and oxygen atoms in total. The molecule has 1 aromatic rings. The number of hydrogen-bond acceptors (Lipinski definition) is 3. The van der Waals surface area contributed by atoms with Gasteiger partial charge in [-0.05, 0) is 25.1 Å². The normalized spacial score (nSPS) is 12.2. The standard InChI is InChI=1S/C13H21NO3/c1-10(9-15-2)14-8-11-7-12(16-3)5-6-13(11)17-4/h5-7,10,14H,8-9H2,1-4H3/p+1. The van der Waals surface area contributed by atoms with Crippen molar-refractivity contribution in [1.82, 2.24) is 0 Å². The Morgan fingerprint density at radius 2 is 1.94 bits per heavy atom. The molecule has 0 amide bonds. The molecule has 96 valence electrons. The van der Waals surface area contributed by atoms with Crippen LogP contribution in [0.25, 0.3) is 0 Å². The van der Waals surface area contributed by atoms with Crippen molar-refractivity contribution in [3.63, 3.8) is 0 Å². The lowest BCUT2D eigenvalue weighted by Crippen LogP contribution is -2.88. The number of benzene rings is 1. The predicted molar refractivity (Wildman–Crippen MR) is 66.5 cm³/mol. The summed E-state index contributed by atoms with van der Waals surface area (Å²) < 4.78 is 15.7. The van der Waals surface area contributed by atoms with Crippen LogP contribution < -0.4 is 14.8 Å². The SMILES string of the molecule is COCC(C)[NH2+]Cc1cc(OC)ccc1OC. The zero-order valence-electron chi connectivity index (χ0n) is 11.0. The maximum absolute atomic E-state index is 5.33. The van der Waals surface area contributed by atoms with Gasteiger partial charge >= 0.3 is 0 Å². The summed E-state index contributed by atoms with van der Waals surface area (Å²) in [4.78, 5) is 0. The van der Waals surface area contributed by atoms with Crippen molar-refractivity contribution in [2.24, 2.45) is 0 Å². The minimum absolute atomic E-state index is 0.427. The number of methoxy groups -OCH3 is 3. The van der Waals surface area contributed by atoms with Crippen LogP contribution in [-0.2, 0) is 11.3 Å². The molecular formula is C13H22NO3+. The van der Waals surface area contributed by atoms with Gasteiger partial charge in [-0.15, -0.1) is 0 Å². The Hall–Kier alpha value is -1.26. The molecule has 0 heterocycles. The van der Waals surface area contributed by atoms with Gasteiger partial charge in [0, 0.05) is 7.11 Å². The van der Waals surface area contributed by atoms with E-state index in [4.69, 9.17) is 14.2 Å². The molecule has 2 N–H and O–H groups in total. The molecular weight excluding hydrogens is 218 g/mol. The average Bonchev–Trinajstić information content (AvgIpc) is 2.36. The lowest BCUT2D eigenvalue weighted by molar-refractivity contribution is -0.702. The largest absolute Gasteiger partial charge is 0.497 e. The number of nitrogens with two attached hydrogens (primary N) is 1. The Morgan fingerprint density at radius 1 is 1.18 bits per heavy atom. The molecule has 0 aliphatic heterocycles. The molecule has 0 radical (unpaired) electrons. The molecule has 0 aliphatic rings. The molecule has 0 bridgehead atoms. The monoisotopic (exact) mass is 240 g/mol. The molecule has 0 saturated heterocycles. The van der Waals surface area contributed by atoms with Gasteiger partial charge < -0.3 is 19.5 Å². The second kappa shape index (κ2) is 7.14. The van der Waals surface area contributed by atoms with E-state index in [9.17, 15) is 0 Å². The van der Waals surface area contributed by atoms with Crippen molar-refractivity contribution >= 4 is 0 Å². The van der Waals surface area contributed by atoms with E-state index in [0.29, 0.717) is 6.04 Å². The summed E-state index contributed by atoms with van der Waals surface area (Å²) >= 11 is 0. The first-order valence-electron chi connectivity index (χ1n) is 5.74. The van der Waals surface area contributed by atoms with Crippen LogP contribution in [0.5, 0.6) is 11.5 Å². The number of quaternary nitrogens is 1. The fourth-order valence-electron chi connectivity index (χ4n) is 1.70. The summed E-state index contributed by atoms with van der Waals surface area (Å²) in [5.74, 6) is 1.75. The lowest BCUT2D eigenvalue weighted by atomic mass is 10.1.